The van der Waals surface area contributed by atoms with Crippen LogP contribution >= 0.6 is 0 Å². The first-order valence-electron chi connectivity index (χ1n) is 10.6. The second-order valence-corrected chi connectivity index (χ2v) is 11.7. The molecule has 7 nitrogen and oxygen atoms in total. The summed E-state index contributed by atoms with van der Waals surface area (Å²) in [5.41, 5.74) is 8.11. The van der Waals surface area contributed by atoms with Crippen molar-refractivity contribution in [1.82, 2.24) is 10.9 Å². The third-order valence-electron chi connectivity index (χ3n) is 6.78. The van der Waals surface area contributed by atoms with Crippen molar-refractivity contribution < 1.29 is 13.2 Å². The standard InChI is InChI=1S/C21H32N4O3S/c1-21(2,3)14-5-10-18-17(13-14)19(24-23-18)20(26)22-15-6-8-16(9-7-15)25-11-4-12-29(25,27)28/h6-9,14,17-19,23-24H,4-5,10-13H2,1-3H3,(H,22,26). The van der Waals surface area contributed by atoms with Crippen molar-refractivity contribution in [1.29, 1.82) is 0 Å². The molecule has 1 aromatic rings. The van der Waals surface area contributed by atoms with E-state index in [0.29, 0.717) is 36.3 Å². The second-order valence-electron chi connectivity index (χ2n) is 9.69. The van der Waals surface area contributed by atoms with Gasteiger partial charge in [0.05, 0.1) is 11.4 Å². The lowest BCUT2D eigenvalue weighted by molar-refractivity contribution is -0.119. The number of benzene rings is 1. The second kappa shape index (κ2) is 7.56. The molecule has 3 N–H and O–H groups in total. The molecule has 0 radical (unpaired) electrons. The highest BCUT2D eigenvalue weighted by Crippen LogP contribution is 2.42. The van der Waals surface area contributed by atoms with E-state index >= 15 is 0 Å². The summed E-state index contributed by atoms with van der Waals surface area (Å²) in [5.74, 6) is 1.05. The van der Waals surface area contributed by atoms with Crippen LogP contribution in [-0.4, -0.2) is 38.7 Å². The van der Waals surface area contributed by atoms with Gasteiger partial charge >= 0.3 is 0 Å². The number of anilines is 2. The van der Waals surface area contributed by atoms with E-state index in [9.17, 15) is 13.2 Å². The highest BCUT2D eigenvalue weighted by Gasteiger charge is 2.45. The Hall–Kier alpha value is -1.64. The van der Waals surface area contributed by atoms with Crippen LogP contribution in [-0.2, 0) is 14.8 Å². The number of hydrazine groups is 1. The van der Waals surface area contributed by atoms with E-state index in [1.165, 1.54) is 10.7 Å². The van der Waals surface area contributed by atoms with Crippen LogP contribution in [0, 0.1) is 17.3 Å². The maximum absolute atomic E-state index is 13.0. The van der Waals surface area contributed by atoms with Gasteiger partial charge in [0.15, 0.2) is 0 Å². The smallest absolute Gasteiger partial charge is 0.243 e. The van der Waals surface area contributed by atoms with Crippen LogP contribution in [0.15, 0.2) is 24.3 Å². The topological polar surface area (TPSA) is 90.5 Å². The molecule has 1 saturated carbocycles. The van der Waals surface area contributed by atoms with E-state index in [-0.39, 0.29) is 29.0 Å². The lowest BCUT2D eigenvalue weighted by atomic mass is 9.66. The van der Waals surface area contributed by atoms with Crippen LogP contribution in [0.1, 0.15) is 46.5 Å². The van der Waals surface area contributed by atoms with Gasteiger partial charge in [-0.1, -0.05) is 20.8 Å². The number of nitrogens with zero attached hydrogens (tertiary/aromatic N) is 1. The van der Waals surface area contributed by atoms with Gasteiger partial charge in [0.25, 0.3) is 0 Å². The summed E-state index contributed by atoms with van der Waals surface area (Å²) in [4.78, 5) is 13.0. The number of carbonyl (C=O) groups is 1. The molecule has 160 valence electrons. The quantitative estimate of drug-likeness (QED) is 0.699. The highest BCUT2D eigenvalue weighted by atomic mass is 32.2. The molecule has 1 amide bonds. The average molecular weight is 421 g/mol. The van der Waals surface area contributed by atoms with Crippen LogP contribution < -0.4 is 20.5 Å². The molecule has 2 aliphatic heterocycles. The fraction of sp³-hybridized carbons (Fsp3) is 0.667. The molecule has 4 unspecified atom stereocenters. The fourth-order valence-electron chi connectivity index (χ4n) is 4.96. The van der Waals surface area contributed by atoms with Gasteiger partial charge < -0.3 is 5.32 Å². The van der Waals surface area contributed by atoms with Crippen molar-refractivity contribution in [2.75, 3.05) is 21.9 Å². The molecule has 4 rings (SSSR count). The Balaban J connectivity index is 1.41. The van der Waals surface area contributed by atoms with Crippen LogP contribution in [0.5, 0.6) is 0 Å². The van der Waals surface area contributed by atoms with Crippen molar-refractivity contribution in [3.05, 3.63) is 24.3 Å². The SMILES string of the molecule is CC(C)(C)C1CCC2NNC(C(=O)Nc3ccc(N4CCCS4(=O)=O)cc3)C2C1. The zero-order chi connectivity index (χ0) is 20.8. The van der Waals surface area contributed by atoms with Gasteiger partial charge in [0.1, 0.15) is 6.04 Å². The van der Waals surface area contributed by atoms with Gasteiger partial charge in [0.2, 0.25) is 15.9 Å². The minimum Gasteiger partial charge on any atom is -0.325 e. The Kier molecular flexibility index (Phi) is 5.38. The maximum Gasteiger partial charge on any atom is 0.243 e. The minimum atomic E-state index is -3.19. The Morgan fingerprint density at radius 1 is 1.14 bits per heavy atom. The molecule has 0 bridgehead atoms. The van der Waals surface area contributed by atoms with E-state index in [1.807, 2.05) is 0 Å². The first kappa shape index (κ1) is 20.6. The van der Waals surface area contributed by atoms with Crippen LogP contribution in [0.25, 0.3) is 0 Å². The Morgan fingerprint density at radius 2 is 1.86 bits per heavy atom. The molecule has 0 spiro atoms. The summed E-state index contributed by atoms with van der Waals surface area (Å²) >= 11 is 0. The molecule has 4 atom stereocenters. The third-order valence-corrected chi connectivity index (χ3v) is 8.65. The summed E-state index contributed by atoms with van der Waals surface area (Å²) in [5, 5.41) is 3.00. The van der Waals surface area contributed by atoms with E-state index in [0.717, 1.165) is 12.8 Å². The predicted octanol–water partition coefficient (Wildman–Crippen LogP) is 2.47. The fourth-order valence-corrected chi connectivity index (χ4v) is 6.53. The first-order valence-corrected chi connectivity index (χ1v) is 12.2. The van der Waals surface area contributed by atoms with Gasteiger partial charge in [0, 0.05) is 24.2 Å². The summed E-state index contributed by atoms with van der Waals surface area (Å²) in [7, 11) is -3.19. The van der Waals surface area contributed by atoms with Crippen molar-refractivity contribution in [3.8, 4) is 0 Å². The molecule has 3 aliphatic rings. The molecule has 1 aliphatic carbocycles. The molecule has 0 aromatic heterocycles. The number of sulfonamides is 1. The Labute approximate surface area is 173 Å². The van der Waals surface area contributed by atoms with E-state index in [1.54, 1.807) is 24.3 Å². The van der Waals surface area contributed by atoms with Gasteiger partial charge in [-0.2, -0.15) is 0 Å². The Bertz CT molecular complexity index is 863. The maximum atomic E-state index is 13.0. The van der Waals surface area contributed by atoms with E-state index in [4.69, 9.17) is 0 Å². The van der Waals surface area contributed by atoms with Crippen molar-refractivity contribution >= 4 is 27.3 Å². The summed E-state index contributed by atoms with van der Waals surface area (Å²) < 4.78 is 25.6. The van der Waals surface area contributed by atoms with Crippen LogP contribution in [0.4, 0.5) is 11.4 Å². The number of rotatable bonds is 3. The molecule has 2 saturated heterocycles. The number of fused-ring (bicyclic) bond motifs is 1. The molecular weight excluding hydrogens is 388 g/mol. The van der Waals surface area contributed by atoms with Crippen LogP contribution in [0.2, 0.25) is 0 Å². The average Bonchev–Trinajstić information content (AvgIpc) is 3.23. The lowest BCUT2D eigenvalue weighted by Crippen LogP contribution is -2.43. The molecule has 2 heterocycles. The Morgan fingerprint density at radius 3 is 2.48 bits per heavy atom. The van der Waals surface area contributed by atoms with Crippen molar-refractivity contribution in [2.45, 2.75) is 58.5 Å². The van der Waals surface area contributed by atoms with Gasteiger partial charge in [-0.15, -0.1) is 0 Å². The van der Waals surface area contributed by atoms with Crippen LogP contribution in [0.3, 0.4) is 0 Å². The van der Waals surface area contributed by atoms with Crippen molar-refractivity contribution in [2.24, 2.45) is 17.3 Å². The zero-order valence-corrected chi connectivity index (χ0v) is 18.3. The normalized spacial score (nSPS) is 31.5. The lowest BCUT2D eigenvalue weighted by Gasteiger charge is -2.39. The number of amides is 1. The summed E-state index contributed by atoms with van der Waals surface area (Å²) in [6, 6.07) is 7.16. The van der Waals surface area contributed by atoms with Gasteiger partial charge in [-0.3, -0.25) is 14.5 Å². The number of nitrogens with one attached hydrogen (secondary N) is 3. The largest absolute Gasteiger partial charge is 0.325 e. The first-order chi connectivity index (χ1) is 13.6. The zero-order valence-electron chi connectivity index (χ0n) is 17.4. The number of carbonyl (C=O) groups excluding carboxylic acids is 1. The van der Waals surface area contributed by atoms with Crippen molar-refractivity contribution in [3.63, 3.8) is 0 Å². The number of hydrogen-bond acceptors (Lipinski definition) is 5. The summed E-state index contributed by atoms with van der Waals surface area (Å²) in [6.45, 7) is 7.37. The molecular formula is C21H32N4O3S. The monoisotopic (exact) mass is 420 g/mol. The minimum absolute atomic E-state index is 0.0406. The van der Waals surface area contributed by atoms with E-state index < -0.39 is 10.0 Å². The van der Waals surface area contributed by atoms with Gasteiger partial charge in [-0.25, -0.2) is 13.8 Å². The third kappa shape index (κ3) is 4.15. The predicted molar refractivity (Wildman–Crippen MR) is 115 cm³/mol. The molecule has 29 heavy (non-hydrogen) atoms. The van der Waals surface area contributed by atoms with Gasteiger partial charge in [-0.05, 0) is 61.3 Å². The number of hydrogen-bond donors (Lipinski definition) is 3. The summed E-state index contributed by atoms with van der Waals surface area (Å²) in [6.07, 6.45) is 3.97. The van der Waals surface area contributed by atoms with E-state index in [2.05, 4.69) is 36.9 Å². The molecule has 1 aromatic carbocycles. The highest BCUT2D eigenvalue weighted by molar-refractivity contribution is 7.93. The molecule has 3 fully saturated rings. The molecule has 8 heteroatoms.